The number of hydrazine groups is 1. The second kappa shape index (κ2) is 8.74. The molecule has 0 saturated carbocycles. The Hall–Kier alpha value is -1.44. The zero-order valence-corrected chi connectivity index (χ0v) is 18.3. The van der Waals surface area contributed by atoms with Crippen LogP contribution in [0.1, 0.15) is 49.3 Å². The lowest BCUT2D eigenvalue weighted by Crippen LogP contribution is -2.51. The third-order valence-corrected chi connectivity index (χ3v) is 8.19. The van der Waals surface area contributed by atoms with E-state index in [-0.39, 0.29) is 12.0 Å². The summed E-state index contributed by atoms with van der Waals surface area (Å²) >= 11 is 6.13. The van der Waals surface area contributed by atoms with Crippen LogP contribution in [0.3, 0.4) is 0 Å². The second-order valence-electron chi connectivity index (χ2n) is 7.76. The number of nitrogens with zero attached hydrogens (tertiary/aromatic N) is 3. The fraction of sp³-hybridized carbons (Fsp3) is 0.455. The minimum atomic E-state index is -3.61. The van der Waals surface area contributed by atoms with Crippen LogP contribution in [0, 0.1) is 0 Å². The van der Waals surface area contributed by atoms with Gasteiger partial charge in [-0.3, -0.25) is 0 Å². The summed E-state index contributed by atoms with van der Waals surface area (Å²) < 4.78 is 30.9. The van der Waals surface area contributed by atoms with E-state index in [1.54, 1.807) is 8.72 Å². The number of hydrogen-bond acceptors (Lipinski definition) is 3. The second-order valence-corrected chi connectivity index (χ2v) is 9.98. The third-order valence-electron chi connectivity index (χ3n) is 5.99. The summed E-state index contributed by atoms with van der Waals surface area (Å²) in [5.41, 5.74) is 2.13. The van der Waals surface area contributed by atoms with E-state index in [0.717, 1.165) is 30.4 Å². The predicted molar refractivity (Wildman–Crippen MR) is 117 cm³/mol. The Morgan fingerprint density at radius 1 is 0.931 bits per heavy atom. The van der Waals surface area contributed by atoms with E-state index in [0.29, 0.717) is 31.2 Å². The first-order chi connectivity index (χ1) is 14.0. The topological polar surface area (TPSA) is 43.9 Å². The Balaban J connectivity index is 1.80. The maximum Gasteiger partial charge on any atom is 0.295 e. The van der Waals surface area contributed by atoms with Gasteiger partial charge >= 0.3 is 0 Å². The summed E-state index contributed by atoms with van der Waals surface area (Å²) in [5, 5.41) is 2.64. The van der Waals surface area contributed by atoms with Crippen molar-refractivity contribution < 1.29 is 8.42 Å². The lowest BCUT2D eigenvalue weighted by atomic mass is 9.89. The number of piperidine rings is 1. The molecular formula is C22H28ClN3O2S. The zero-order valence-electron chi connectivity index (χ0n) is 16.7. The standard InChI is InChI=1S/C22H28ClN3O2S/c1-2-24-17-21(18-9-5-3-6-10-18)22(19-11-13-20(23)14-12-19)26(24)29(27,28)25-15-7-4-8-16-25/h3,5-6,9-14,21-22H,2,4,7-8,15-17H2,1H3. The Kier molecular flexibility index (Phi) is 6.27. The van der Waals surface area contributed by atoms with Gasteiger partial charge in [-0.25, -0.2) is 5.01 Å². The van der Waals surface area contributed by atoms with Crippen LogP contribution in [0.15, 0.2) is 54.6 Å². The van der Waals surface area contributed by atoms with Gasteiger partial charge in [0.05, 0.1) is 6.04 Å². The summed E-state index contributed by atoms with van der Waals surface area (Å²) in [6.07, 6.45) is 2.94. The quantitative estimate of drug-likeness (QED) is 0.699. The highest BCUT2D eigenvalue weighted by Gasteiger charge is 2.49. The van der Waals surface area contributed by atoms with Gasteiger partial charge in [0.25, 0.3) is 10.2 Å². The maximum atomic E-state index is 13.8. The summed E-state index contributed by atoms with van der Waals surface area (Å²) in [7, 11) is -3.61. The van der Waals surface area contributed by atoms with Crippen molar-refractivity contribution in [1.82, 2.24) is 13.7 Å². The first-order valence-corrected chi connectivity index (χ1v) is 12.1. The molecule has 2 saturated heterocycles. The molecule has 4 rings (SSSR count). The molecule has 2 heterocycles. The molecule has 0 radical (unpaired) electrons. The number of rotatable bonds is 5. The Labute approximate surface area is 179 Å². The molecule has 5 nitrogen and oxygen atoms in total. The van der Waals surface area contributed by atoms with Crippen LogP contribution in [0.25, 0.3) is 0 Å². The molecular weight excluding hydrogens is 406 g/mol. The average molecular weight is 434 g/mol. The maximum absolute atomic E-state index is 13.8. The number of halogens is 1. The molecule has 2 fully saturated rings. The molecule has 2 atom stereocenters. The Morgan fingerprint density at radius 2 is 1.59 bits per heavy atom. The van der Waals surface area contributed by atoms with Gasteiger partial charge in [-0.1, -0.05) is 67.4 Å². The molecule has 2 unspecified atom stereocenters. The van der Waals surface area contributed by atoms with Crippen molar-refractivity contribution in [3.63, 3.8) is 0 Å². The van der Waals surface area contributed by atoms with Gasteiger partial charge in [0, 0.05) is 37.1 Å². The van der Waals surface area contributed by atoms with Gasteiger partial charge in [-0.2, -0.15) is 12.7 Å². The smallest absolute Gasteiger partial charge is 0.226 e. The van der Waals surface area contributed by atoms with E-state index >= 15 is 0 Å². The van der Waals surface area contributed by atoms with E-state index in [4.69, 9.17) is 11.6 Å². The molecule has 0 N–H and O–H groups in total. The SMILES string of the molecule is CCN1CC(c2ccccc2)C(c2ccc(Cl)cc2)N1S(=O)(=O)N1CCCCC1. The highest BCUT2D eigenvalue weighted by molar-refractivity contribution is 7.86. The molecule has 2 aliphatic heterocycles. The van der Waals surface area contributed by atoms with E-state index in [1.165, 1.54) is 0 Å². The number of likely N-dealkylation sites (N-methyl/N-ethyl adjacent to an activating group) is 1. The van der Waals surface area contributed by atoms with Gasteiger partial charge in [0.15, 0.2) is 0 Å². The van der Waals surface area contributed by atoms with Gasteiger partial charge < -0.3 is 0 Å². The molecule has 7 heteroatoms. The van der Waals surface area contributed by atoms with Gasteiger partial charge in [0.1, 0.15) is 0 Å². The molecule has 0 spiro atoms. The minimum Gasteiger partial charge on any atom is -0.226 e. The first-order valence-electron chi connectivity index (χ1n) is 10.4. The molecule has 0 bridgehead atoms. The van der Waals surface area contributed by atoms with Crippen LogP contribution < -0.4 is 0 Å². The van der Waals surface area contributed by atoms with Crippen LogP contribution in [0.5, 0.6) is 0 Å². The van der Waals surface area contributed by atoms with Crippen molar-refractivity contribution in [1.29, 1.82) is 0 Å². The highest BCUT2D eigenvalue weighted by Crippen LogP contribution is 2.45. The van der Waals surface area contributed by atoms with Crippen LogP contribution in [-0.4, -0.2) is 48.3 Å². The molecule has 0 aromatic heterocycles. The summed E-state index contributed by atoms with van der Waals surface area (Å²) in [6.45, 7) is 4.52. The van der Waals surface area contributed by atoms with Crippen LogP contribution in [0.4, 0.5) is 0 Å². The number of hydrogen-bond donors (Lipinski definition) is 0. The van der Waals surface area contributed by atoms with Crippen molar-refractivity contribution >= 4 is 21.8 Å². The monoisotopic (exact) mass is 433 g/mol. The van der Waals surface area contributed by atoms with E-state index in [2.05, 4.69) is 12.1 Å². The summed E-state index contributed by atoms with van der Waals surface area (Å²) in [6, 6.07) is 17.5. The Morgan fingerprint density at radius 3 is 2.21 bits per heavy atom. The minimum absolute atomic E-state index is 0.0527. The summed E-state index contributed by atoms with van der Waals surface area (Å²) in [5.74, 6) is 0.0527. The molecule has 29 heavy (non-hydrogen) atoms. The van der Waals surface area contributed by atoms with Crippen molar-refractivity contribution in [3.8, 4) is 0 Å². The van der Waals surface area contributed by atoms with Crippen molar-refractivity contribution in [2.24, 2.45) is 0 Å². The van der Waals surface area contributed by atoms with E-state index in [1.807, 2.05) is 54.4 Å². The Bertz CT molecular complexity index is 915. The highest BCUT2D eigenvalue weighted by atomic mass is 35.5. The first kappa shape index (κ1) is 20.8. The lowest BCUT2D eigenvalue weighted by molar-refractivity contribution is 0.0859. The van der Waals surface area contributed by atoms with Crippen molar-refractivity contribution in [2.75, 3.05) is 26.2 Å². The molecule has 0 amide bonds. The molecule has 2 aromatic rings. The normalized spacial score (nSPS) is 24.8. The third kappa shape index (κ3) is 4.09. The molecule has 0 aliphatic carbocycles. The van der Waals surface area contributed by atoms with Crippen LogP contribution in [0.2, 0.25) is 5.02 Å². The van der Waals surface area contributed by atoms with Crippen LogP contribution in [-0.2, 0) is 10.2 Å². The molecule has 2 aliphatic rings. The lowest BCUT2D eigenvalue weighted by Gasteiger charge is -2.37. The fourth-order valence-electron chi connectivity index (χ4n) is 4.52. The van der Waals surface area contributed by atoms with Gasteiger partial charge in [-0.15, -0.1) is 4.41 Å². The fourth-order valence-corrected chi connectivity index (χ4v) is 6.63. The van der Waals surface area contributed by atoms with E-state index < -0.39 is 10.2 Å². The van der Waals surface area contributed by atoms with E-state index in [9.17, 15) is 8.42 Å². The van der Waals surface area contributed by atoms with Gasteiger partial charge in [0.2, 0.25) is 0 Å². The van der Waals surface area contributed by atoms with Crippen LogP contribution >= 0.6 is 11.6 Å². The zero-order chi connectivity index (χ0) is 20.4. The average Bonchev–Trinajstić information content (AvgIpc) is 3.16. The van der Waals surface area contributed by atoms with Crippen molar-refractivity contribution in [3.05, 3.63) is 70.7 Å². The largest absolute Gasteiger partial charge is 0.295 e. The van der Waals surface area contributed by atoms with Crippen molar-refractivity contribution in [2.45, 2.75) is 38.1 Å². The van der Waals surface area contributed by atoms with Gasteiger partial charge in [-0.05, 0) is 36.1 Å². The molecule has 2 aromatic carbocycles. The predicted octanol–water partition coefficient (Wildman–Crippen LogP) is 4.45. The summed E-state index contributed by atoms with van der Waals surface area (Å²) in [4.78, 5) is 0. The molecule has 156 valence electrons. The number of benzene rings is 2.